The van der Waals surface area contributed by atoms with Crippen LogP contribution in [0, 0.1) is 11.8 Å². The number of pyridine rings is 1. The van der Waals surface area contributed by atoms with E-state index in [9.17, 15) is 9.59 Å². The number of nitrogens with zero attached hydrogens (tertiary/aromatic N) is 2. The third-order valence-corrected chi connectivity index (χ3v) is 9.41. The molecule has 0 radical (unpaired) electrons. The van der Waals surface area contributed by atoms with Crippen molar-refractivity contribution in [3.8, 4) is 5.75 Å². The quantitative estimate of drug-likeness (QED) is 0.431. The van der Waals surface area contributed by atoms with E-state index in [-0.39, 0.29) is 28.8 Å². The fourth-order valence-corrected chi connectivity index (χ4v) is 6.69. The van der Waals surface area contributed by atoms with Crippen LogP contribution < -0.4 is 20.9 Å². The third kappa shape index (κ3) is 5.35. The number of aromatic nitrogens is 1. The van der Waals surface area contributed by atoms with Gasteiger partial charge in [0.2, 0.25) is 5.78 Å². The molecule has 8 heteroatoms. The molecule has 38 heavy (non-hydrogen) atoms. The highest BCUT2D eigenvalue weighted by atomic mass is 16.5. The van der Waals surface area contributed by atoms with E-state index in [0.29, 0.717) is 17.5 Å². The van der Waals surface area contributed by atoms with Crippen LogP contribution in [0.3, 0.4) is 0 Å². The van der Waals surface area contributed by atoms with Crippen LogP contribution in [0.2, 0.25) is 0 Å². The van der Waals surface area contributed by atoms with Crippen LogP contribution in [-0.4, -0.2) is 54.4 Å². The van der Waals surface area contributed by atoms with Crippen molar-refractivity contribution in [2.45, 2.75) is 74.9 Å². The van der Waals surface area contributed by atoms with Crippen LogP contribution in [0.5, 0.6) is 5.75 Å². The van der Waals surface area contributed by atoms with Crippen molar-refractivity contribution in [2.75, 3.05) is 26.5 Å². The highest BCUT2D eigenvalue weighted by Gasteiger charge is 2.50. The van der Waals surface area contributed by atoms with Gasteiger partial charge in [0.15, 0.2) is 0 Å². The summed E-state index contributed by atoms with van der Waals surface area (Å²) in [7, 11) is 5.92. The topological polar surface area (TPSA) is 95.6 Å². The molecular formula is C30H41N5O3. The molecule has 1 amide bonds. The molecule has 204 valence electrons. The highest BCUT2D eigenvalue weighted by Crippen LogP contribution is 2.48. The van der Waals surface area contributed by atoms with Gasteiger partial charge in [0.25, 0.3) is 5.91 Å². The third-order valence-electron chi connectivity index (χ3n) is 9.41. The Morgan fingerprint density at radius 3 is 2.42 bits per heavy atom. The lowest BCUT2D eigenvalue weighted by Crippen LogP contribution is -2.53. The Morgan fingerprint density at radius 2 is 1.84 bits per heavy atom. The molecule has 2 atom stereocenters. The van der Waals surface area contributed by atoms with Gasteiger partial charge >= 0.3 is 0 Å². The predicted octanol–water partition coefficient (Wildman–Crippen LogP) is 4.04. The molecule has 1 aliphatic heterocycles. The van der Waals surface area contributed by atoms with Gasteiger partial charge < -0.3 is 10.1 Å². The first-order valence-electron chi connectivity index (χ1n) is 14.0. The molecule has 2 aromatic rings. The molecule has 8 nitrogen and oxygen atoms in total. The van der Waals surface area contributed by atoms with Crippen molar-refractivity contribution in [1.29, 1.82) is 0 Å². The second-order valence-corrected chi connectivity index (χ2v) is 11.7. The first-order chi connectivity index (χ1) is 18.3. The number of hydrazine groups is 1. The molecule has 3 N–H and O–H groups in total. The highest BCUT2D eigenvalue weighted by molar-refractivity contribution is 6.41. The van der Waals surface area contributed by atoms with Gasteiger partial charge in [-0.15, -0.1) is 0 Å². The van der Waals surface area contributed by atoms with Crippen LogP contribution in [-0.2, 0) is 15.1 Å². The molecule has 3 aliphatic rings. The van der Waals surface area contributed by atoms with E-state index in [1.807, 2.05) is 0 Å². The van der Waals surface area contributed by atoms with Crippen molar-refractivity contribution >= 4 is 17.5 Å². The summed E-state index contributed by atoms with van der Waals surface area (Å²) in [4.78, 5) is 33.2. The Bertz CT molecular complexity index is 1110. The van der Waals surface area contributed by atoms with E-state index in [4.69, 9.17) is 4.74 Å². The van der Waals surface area contributed by atoms with E-state index in [0.717, 1.165) is 51.4 Å². The number of amides is 1. The molecule has 2 saturated carbocycles. The zero-order chi connectivity index (χ0) is 26.8. The molecule has 1 saturated heterocycles. The SMILES string of the molecule is COc1ccc(NC(=O)C(=O)C(CC2CCC2)[C@@H]2CC3(CCC(c4ccccc4)(N(C)C)CC3)NN2)nc1. The number of rotatable bonds is 9. The minimum absolute atomic E-state index is 0.0126. The smallest absolute Gasteiger partial charge is 0.293 e. The minimum Gasteiger partial charge on any atom is -0.495 e. The molecule has 1 aromatic heterocycles. The van der Waals surface area contributed by atoms with E-state index in [1.165, 1.54) is 18.2 Å². The fourth-order valence-electron chi connectivity index (χ4n) is 6.69. The Labute approximate surface area is 225 Å². The number of ether oxygens (including phenoxy) is 1. The monoisotopic (exact) mass is 519 g/mol. The average Bonchev–Trinajstić information content (AvgIpc) is 3.32. The first kappa shape index (κ1) is 26.8. The summed E-state index contributed by atoms with van der Waals surface area (Å²) < 4.78 is 5.14. The van der Waals surface area contributed by atoms with E-state index in [1.54, 1.807) is 19.2 Å². The summed E-state index contributed by atoms with van der Waals surface area (Å²) in [6, 6.07) is 14.1. The second kappa shape index (κ2) is 11.1. The molecule has 2 aliphatic carbocycles. The summed E-state index contributed by atoms with van der Waals surface area (Å²) in [5.74, 6) is 0.165. The number of benzene rings is 1. The molecule has 2 heterocycles. The largest absolute Gasteiger partial charge is 0.495 e. The summed E-state index contributed by atoms with van der Waals surface area (Å²) in [6.07, 6.45) is 10.7. The second-order valence-electron chi connectivity index (χ2n) is 11.7. The van der Waals surface area contributed by atoms with Crippen LogP contribution in [0.4, 0.5) is 5.82 Å². The van der Waals surface area contributed by atoms with Gasteiger partial charge in [-0.05, 0) is 76.2 Å². The summed E-state index contributed by atoms with van der Waals surface area (Å²) >= 11 is 0. The first-order valence-corrected chi connectivity index (χ1v) is 14.0. The lowest BCUT2D eigenvalue weighted by Gasteiger charge is -2.49. The summed E-state index contributed by atoms with van der Waals surface area (Å²) in [5.41, 5.74) is 8.42. The number of carbonyl (C=O) groups is 2. The number of hydrogen-bond acceptors (Lipinski definition) is 7. The normalized spacial score (nSPS) is 28.2. The predicted molar refractivity (Wildman–Crippen MR) is 148 cm³/mol. The van der Waals surface area contributed by atoms with Crippen molar-refractivity contribution in [3.63, 3.8) is 0 Å². The van der Waals surface area contributed by atoms with Gasteiger partial charge in [0.05, 0.1) is 13.3 Å². The molecule has 1 spiro atoms. The van der Waals surface area contributed by atoms with Crippen LogP contribution in [0.15, 0.2) is 48.7 Å². The van der Waals surface area contributed by atoms with Crippen molar-refractivity contribution in [2.24, 2.45) is 11.8 Å². The zero-order valence-corrected chi connectivity index (χ0v) is 22.8. The number of anilines is 1. The number of Topliss-reactive ketones (excluding diaryl/α,β-unsaturated/α-hetero) is 1. The Hall–Kier alpha value is -2.81. The van der Waals surface area contributed by atoms with E-state index in [2.05, 4.69) is 70.5 Å². The van der Waals surface area contributed by atoms with Gasteiger partial charge in [-0.1, -0.05) is 49.6 Å². The number of ketones is 1. The molecule has 3 fully saturated rings. The molecule has 0 bridgehead atoms. The van der Waals surface area contributed by atoms with Gasteiger partial charge in [-0.2, -0.15) is 0 Å². The van der Waals surface area contributed by atoms with Gasteiger partial charge in [0, 0.05) is 23.0 Å². The molecule has 5 rings (SSSR count). The van der Waals surface area contributed by atoms with Crippen molar-refractivity contribution in [1.82, 2.24) is 20.7 Å². The molecule has 1 unspecified atom stereocenters. The number of carbonyl (C=O) groups excluding carboxylic acids is 2. The van der Waals surface area contributed by atoms with E-state index >= 15 is 0 Å². The molecular weight excluding hydrogens is 478 g/mol. The minimum atomic E-state index is -0.589. The van der Waals surface area contributed by atoms with Gasteiger partial charge in [-0.25, -0.2) is 4.98 Å². The van der Waals surface area contributed by atoms with E-state index < -0.39 is 5.91 Å². The van der Waals surface area contributed by atoms with Gasteiger partial charge in [0.1, 0.15) is 11.6 Å². The maximum Gasteiger partial charge on any atom is 0.293 e. The summed E-state index contributed by atoms with van der Waals surface area (Å²) in [6.45, 7) is 0. The van der Waals surface area contributed by atoms with Crippen molar-refractivity contribution in [3.05, 3.63) is 54.2 Å². The van der Waals surface area contributed by atoms with Crippen LogP contribution in [0.1, 0.15) is 63.4 Å². The summed E-state index contributed by atoms with van der Waals surface area (Å²) in [5, 5.41) is 2.71. The Balaban J connectivity index is 1.27. The van der Waals surface area contributed by atoms with Gasteiger partial charge in [-0.3, -0.25) is 25.3 Å². The number of hydrogen-bond donors (Lipinski definition) is 3. The molecule has 1 aromatic carbocycles. The fraction of sp³-hybridized carbons (Fsp3) is 0.567. The maximum absolute atomic E-state index is 13.5. The van der Waals surface area contributed by atoms with Crippen LogP contribution in [0.25, 0.3) is 0 Å². The standard InChI is InChI=1S/C30H41N5O3/c1-35(2)30(22-10-5-4-6-11-22)16-14-29(15-17-30)19-25(33-34-29)24(18-21-8-7-9-21)27(36)28(37)32-26-13-12-23(38-3)20-31-26/h4-6,10-13,20-21,24-25,33-34H,7-9,14-19H2,1-3H3,(H,31,32,37)/t24?,25-,29?,30?/m0/s1. The lowest BCUT2D eigenvalue weighted by molar-refractivity contribution is -0.138. The van der Waals surface area contributed by atoms with Crippen LogP contribution >= 0.6 is 0 Å². The Morgan fingerprint density at radius 1 is 1.11 bits per heavy atom. The maximum atomic E-state index is 13.5. The average molecular weight is 520 g/mol. The lowest BCUT2D eigenvalue weighted by atomic mass is 9.66. The number of nitrogens with one attached hydrogen (secondary N) is 3. The van der Waals surface area contributed by atoms with Crippen molar-refractivity contribution < 1.29 is 14.3 Å². The zero-order valence-electron chi connectivity index (χ0n) is 22.8. The number of methoxy groups -OCH3 is 1. The Kier molecular flexibility index (Phi) is 7.84.